The van der Waals surface area contributed by atoms with Crippen LogP contribution in [0.5, 0.6) is 0 Å². The minimum atomic E-state index is 0. The van der Waals surface area contributed by atoms with Crippen LogP contribution in [0.25, 0.3) is 0 Å². The smallest absolute Gasteiger partial charge is 0.105 e. The Balaban J connectivity index is 0.000000810. The van der Waals surface area contributed by atoms with Gasteiger partial charge in [-0.1, -0.05) is 6.92 Å². The molecule has 0 saturated carbocycles. The second kappa shape index (κ2) is 4.84. The number of nitrogens with zero attached hydrogens (tertiary/aromatic N) is 1. The van der Waals surface area contributed by atoms with E-state index in [4.69, 9.17) is 5.26 Å². The van der Waals surface area contributed by atoms with E-state index in [0.29, 0.717) is 5.37 Å². The van der Waals surface area contributed by atoms with Gasteiger partial charge >= 0.3 is 0 Å². The first-order valence-electron chi connectivity index (χ1n) is 3.14. The van der Waals surface area contributed by atoms with E-state index < -0.39 is 0 Å². The molecule has 1 aliphatic heterocycles. The van der Waals surface area contributed by atoms with Gasteiger partial charge in [0.15, 0.2) is 0 Å². The van der Waals surface area contributed by atoms with Crippen molar-refractivity contribution >= 4 is 24.2 Å². The standard InChI is InChI=1S/C6H10N2S.ClH/c1-2-6-8-5(3-7)4-9-6;/h5-6,8H,2,4H2,1H3;1H. The van der Waals surface area contributed by atoms with Crippen LogP contribution < -0.4 is 5.32 Å². The molecule has 10 heavy (non-hydrogen) atoms. The minimum absolute atomic E-state index is 0. The Labute approximate surface area is 71.8 Å². The van der Waals surface area contributed by atoms with Crippen LogP contribution in [0, 0.1) is 11.3 Å². The summed E-state index contributed by atoms with van der Waals surface area (Å²) in [5, 5.41) is 12.2. The van der Waals surface area contributed by atoms with E-state index in [9.17, 15) is 0 Å². The molecule has 1 heterocycles. The first kappa shape index (κ1) is 10.1. The van der Waals surface area contributed by atoms with Crippen molar-refractivity contribution in [2.24, 2.45) is 0 Å². The Morgan fingerprint density at radius 2 is 2.50 bits per heavy atom. The van der Waals surface area contributed by atoms with Gasteiger partial charge in [0.2, 0.25) is 0 Å². The van der Waals surface area contributed by atoms with Crippen molar-refractivity contribution < 1.29 is 0 Å². The average molecular weight is 179 g/mol. The lowest BCUT2D eigenvalue weighted by atomic mass is 10.3. The Morgan fingerprint density at radius 1 is 1.80 bits per heavy atom. The highest BCUT2D eigenvalue weighted by molar-refractivity contribution is 8.00. The molecule has 0 aromatic rings. The molecule has 1 N–H and O–H groups in total. The third-order valence-electron chi connectivity index (χ3n) is 1.38. The largest absolute Gasteiger partial charge is 0.289 e. The molecule has 0 spiro atoms. The Bertz CT molecular complexity index is 134. The second-order valence-corrected chi connectivity index (χ2v) is 3.31. The quantitative estimate of drug-likeness (QED) is 0.659. The van der Waals surface area contributed by atoms with Gasteiger partial charge in [0.25, 0.3) is 0 Å². The van der Waals surface area contributed by atoms with Crippen molar-refractivity contribution in [1.29, 1.82) is 5.26 Å². The molecule has 0 aromatic heterocycles. The van der Waals surface area contributed by atoms with Gasteiger partial charge in [-0.05, 0) is 6.42 Å². The van der Waals surface area contributed by atoms with Crippen molar-refractivity contribution in [2.75, 3.05) is 5.75 Å². The molecule has 2 unspecified atom stereocenters. The first-order valence-corrected chi connectivity index (χ1v) is 4.19. The fourth-order valence-corrected chi connectivity index (χ4v) is 1.93. The number of hydrogen-bond acceptors (Lipinski definition) is 3. The van der Waals surface area contributed by atoms with Crippen molar-refractivity contribution in [1.82, 2.24) is 5.32 Å². The molecule has 1 saturated heterocycles. The number of halogens is 1. The summed E-state index contributed by atoms with van der Waals surface area (Å²) in [5.74, 6) is 0.953. The van der Waals surface area contributed by atoms with E-state index in [-0.39, 0.29) is 18.4 Å². The lowest BCUT2D eigenvalue weighted by Crippen LogP contribution is -2.27. The lowest BCUT2D eigenvalue weighted by molar-refractivity contribution is 0.633. The van der Waals surface area contributed by atoms with Gasteiger partial charge in [-0.15, -0.1) is 24.2 Å². The van der Waals surface area contributed by atoms with Crippen LogP contribution in [-0.2, 0) is 0 Å². The van der Waals surface area contributed by atoms with Crippen LogP contribution in [-0.4, -0.2) is 17.2 Å². The van der Waals surface area contributed by atoms with E-state index in [0.717, 1.165) is 12.2 Å². The number of thioether (sulfide) groups is 1. The van der Waals surface area contributed by atoms with E-state index in [1.165, 1.54) is 0 Å². The fraction of sp³-hybridized carbons (Fsp3) is 0.833. The van der Waals surface area contributed by atoms with Crippen molar-refractivity contribution in [3.05, 3.63) is 0 Å². The molecule has 58 valence electrons. The van der Waals surface area contributed by atoms with Crippen LogP contribution >= 0.6 is 24.2 Å². The highest BCUT2D eigenvalue weighted by Gasteiger charge is 2.21. The molecule has 1 rings (SSSR count). The summed E-state index contributed by atoms with van der Waals surface area (Å²) in [7, 11) is 0. The zero-order valence-electron chi connectivity index (χ0n) is 5.83. The first-order chi connectivity index (χ1) is 4.36. The monoisotopic (exact) mass is 178 g/mol. The maximum atomic E-state index is 8.45. The molecule has 2 nitrogen and oxygen atoms in total. The molecule has 0 aliphatic carbocycles. The van der Waals surface area contributed by atoms with E-state index in [2.05, 4.69) is 18.3 Å². The Kier molecular flexibility index (Phi) is 4.88. The molecular formula is C6H11ClN2S. The molecule has 0 radical (unpaired) electrons. The zero-order chi connectivity index (χ0) is 6.69. The molecule has 1 aliphatic rings. The number of hydrogen-bond donors (Lipinski definition) is 1. The minimum Gasteiger partial charge on any atom is -0.289 e. The van der Waals surface area contributed by atoms with Crippen LogP contribution in [0.2, 0.25) is 0 Å². The molecule has 1 fully saturated rings. The fourth-order valence-electron chi connectivity index (χ4n) is 0.843. The van der Waals surface area contributed by atoms with Crippen LogP contribution in [0.1, 0.15) is 13.3 Å². The van der Waals surface area contributed by atoms with Crippen molar-refractivity contribution in [2.45, 2.75) is 24.8 Å². The van der Waals surface area contributed by atoms with Crippen LogP contribution in [0.4, 0.5) is 0 Å². The van der Waals surface area contributed by atoms with Crippen LogP contribution in [0.15, 0.2) is 0 Å². The predicted octanol–water partition coefficient (Wildman–Crippen LogP) is 1.37. The third-order valence-corrected chi connectivity index (χ3v) is 2.78. The van der Waals surface area contributed by atoms with Gasteiger partial charge in [0.05, 0.1) is 11.4 Å². The van der Waals surface area contributed by atoms with Crippen molar-refractivity contribution in [3.8, 4) is 6.07 Å². The maximum absolute atomic E-state index is 8.45. The SMILES string of the molecule is CCC1NC(C#N)CS1.Cl. The number of nitrogens with one attached hydrogen (secondary N) is 1. The summed E-state index contributed by atoms with van der Waals surface area (Å²) in [6.07, 6.45) is 1.11. The highest BCUT2D eigenvalue weighted by atomic mass is 35.5. The van der Waals surface area contributed by atoms with Gasteiger partial charge < -0.3 is 0 Å². The van der Waals surface area contributed by atoms with Gasteiger partial charge in [-0.2, -0.15) is 5.26 Å². The van der Waals surface area contributed by atoms with E-state index in [1.807, 2.05) is 11.8 Å². The van der Waals surface area contributed by atoms with Gasteiger partial charge in [-0.3, -0.25) is 5.32 Å². The summed E-state index contributed by atoms with van der Waals surface area (Å²) in [6.45, 7) is 2.13. The predicted molar refractivity (Wildman–Crippen MR) is 46.3 cm³/mol. The van der Waals surface area contributed by atoms with E-state index in [1.54, 1.807) is 0 Å². The number of nitriles is 1. The summed E-state index contributed by atoms with van der Waals surface area (Å²) < 4.78 is 0. The van der Waals surface area contributed by atoms with Crippen molar-refractivity contribution in [3.63, 3.8) is 0 Å². The molecule has 0 aromatic carbocycles. The average Bonchev–Trinajstić information content (AvgIpc) is 2.34. The van der Waals surface area contributed by atoms with Gasteiger partial charge in [0.1, 0.15) is 6.04 Å². The lowest BCUT2D eigenvalue weighted by Gasteiger charge is -2.03. The molecule has 2 atom stereocenters. The maximum Gasteiger partial charge on any atom is 0.105 e. The van der Waals surface area contributed by atoms with Gasteiger partial charge in [0, 0.05) is 5.75 Å². The second-order valence-electron chi connectivity index (χ2n) is 2.08. The molecule has 0 bridgehead atoms. The zero-order valence-corrected chi connectivity index (χ0v) is 7.47. The summed E-state index contributed by atoms with van der Waals surface area (Å²) in [4.78, 5) is 0. The molecule has 4 heteroatoms. The summed E-state index contributed by atoms with van der Waals surface area (Å²) in [6, 6.07) is 2.29. The number of rotatable bonds is 1. The highest BCUT2D eigenvalue weighted by Crippen LogP contribution is 2.19. The topological polar surface area (TPSA) is 35.8 Å². The van der Waals surface area contributed by atoms with Gasteiger partial charge in [-0.25, -0.2) is 0 Å². The normalized spacial score (nSPS) is 30.8. The molecular weight excluding hydrogens is 168 g/mol. The third kappa shape index (κ3) is 2.37. The Morgan fingerprint density at radius 3 is 2.80 bits per heavy atom. The molecule has 0 amide bonds. The van der Waals surface area contributed by atoms with Crippen LogP contribution in [0.3, 0.4) is 0 Å². The summed E-state index contributed by atoms with van der Waals surface area (Å²) in [5.41, 5.74) is 0. The Hall–Kier alpha value is 0.0900. The van der Waals surface area contributed by atoms with E-state index >= 15 is 0 Å². The summed E-state index contributed by atoms with van der Waals surface area (Å²) >= 11 is 1.84.